The fourth-order valence-electron chi connectivity index (χ4n) is 6.88. The minimum absolute atomic E-state index is 0.293. The van der Waals surface area contributed by atoms with Crippen LogP contribution in [0, 0.1) is 17.2 Å². The maximum absolute atomic E-state index is 14.4. The van der Waals surface area contributed by atoms with Gasteiger partial charge >= 0.3 is 0 Å². The van der Waals surface area contributed by atoms with Gasteiger partial charge in [-0.15, -0.1) is 0 Å². The SMILES string of the molecule is NC1CCC(CCN2CC3(C2)CN(c2ncncc2Oc2ccc(F)cc2-c2cccnc2C2CC2)C3)CC1. The molecule has 2 aliphatic heterocycles. The van der Waals surface area contributed by atoms with Crippen LogP contribution in [0.1, 0.15) is 56.6 Å². The number of hydrogen-bond acceptors (Lipinski definition) is 7. The molecule has 0 bridgehead atoms. The summed E-state index contributed by atoms with van der Waals surface area (Å²) in [5.41, 5.74) is 9.10. The molecule has 4 heterocycles. The monoisotopic (exact) mass is 528 g/mol. The number of hydrogen-bond donors (Lipinski definition) is 1. The van der Waals surface area contributed by atoms with Crippen molar-refractivity contribution in [2.45, 2.75) is 56.9 Å². The predicted molar refractivity (Wildman–Crippen MR) is 149 cm³/mol. The van der Waals surface area contributed by atoms with Crippen molar-refractivity contribution in [3.05, 3.63) is 60.6 Å². The number of likely N-dealkylation sites (tertiary alicyclic amines) is 1. The van der Waals surface area contributed by atoms with Gasteiger partial charge in [-0.25, -0.2) is 14.4 Å². The summed E-state index contributed by atoms with van der Waals surface area (Å²) in [7, 11) is 0. The molecular weight excluding hydrogens is 491 g/mol. The molecule has 2 saturated carbocycles. The molecule has 2 aliphatic carbocycles. The maximum Gasteiger partial charge on any atom is 0.188 e. The summed E-state index contributed by atoms with van der Waals surface area (Å²) >= 11 is 0. The predicted octanol–water partition coefficient (Wildman–Crippen LogP) is 5.38. The van der Waals surface area contributed by atoms with E-state index >= 15 is 0 Å². The Morgan fingerprint density at radius 1 is 0.949 bits per heavy atom. The second-order valence-electron chi connectivity index (χ2n) is 12.3. The highest BCUT2D eigenvalue weighted by Gasteiger charge is 2.52. The van der Waals surface area contributed by atoms with E-state index in [0.717, 1.165) is 67.6 Å². The zero-order valence-electron chi connectivity index (χ0n) is 22.4. The number of rotatable bonds is 8. The molecule has 1 spiro atoms. The van der Waals surface area contributed by atoms with Crippen LogP contribution in [-0.4, -0.2) is 58.6 Å². The van der Waals surface area contributed by atoms with Gasteiger partial charge in [-0.05, 0) is 81.7 Å². The van der Waals surface area contributed by atoms with Gasteiger partial charge in [-0.3, -0.25) is 4.98 Å². The Kier molecular flexibility index (Phi) is 6.47. The molecule has 7 rings (SSSR count). The Labute approximate surface area is 229 Å². The topological polar surface area (TPSA) is 80.4 Å². The number of aromatic nitrogens is 3. The molecule has 3 aromatic rings. The van der Waals surface area contributed by atoms with Crippen molar-refractivity contribution in [2.75, 3.05) is 37.6 Å². The van der Waals surface area contributed by atoms with Gasteiger partial charge in [0.1, 0.15) is 17.9 Å². The number of pyridine rings is 1. The van der Waals surface area contributed by atoms with Crippen LogP contribution in [0.25, 0.3) is 11.1 Å². The van der Waals surface area contributed by atoms with E-state index in [0.29, 0.717) is 28.9 Å². The van der Waals surface area contributed by atoms with E-state index < -0.39 is 0 Å². The zero-order valence-corrected chi connectivity index (χ0v) is 22.4. The molecule has 0 atom stereocenters. The lowest BCUT2D eigenvalue weighted by atomic mass is 9.72. The Balaban J connectivity index is 1.02. The fourth-order valence-corrected chi connectivity index (χ4v) is 6.88. The van der Waals surface area contributed by atoms with Gasteiger partial charge < -0.3 is 20.3 Å². The maximum atomic E-state index is 14.4. The molecule has 0 amide bonds. The minimum atomic E-state index is -0.293. The molecule has 2 N–H and O–H groups in total. The van der Waals surface area contributed by atoms with E-state index in [9.17, 15) is 4.39 Å². The molecular formula is C31H37FN6O. The summed E-state index contributed by atoms with van der Waals surface area (Å²) < 4.78 is 20.8. The van der Waals surface area contributed by atoms with Crippen molar-refractivity contribution in [1.29, 1.82) is 0 Å². The largest absolute Gasteiger partial charge is 0.451 e. The van der Waals surface area contributed by atoms with Crippen LogP contribution in [-0.2, 0) is 0 Å². The van der Waals surface area contributed by atoms with Gasteiger partial charge in [0.05, 0.1) is 11.9 Å². The van der Waals surface area contributed by atoms with Gasteiger partial charge in [-0.2, -0.15) is 0 Å². The van der Waals surface area contributed by atoms with Crippen molar-refractivity contribution >= 4 is 5.82 Å². The van der Waals surface area contributed by atoms with Crippen molar-refractivity contribution in [3.63, 3.8) is 0 Å². The summed E-state index contributed by atoms with van der Waals surface area (Å²) in [6, 6.07) is 9.03. The molecule has 2 saturated heterocycles. The normalized spacial score (nSPS) is 24.3. The van der Waals surface area contributed by atoms with E-state index in [1.54, 1.807) is 24.7 Å². The van der Waals surface area contributed by atoms with Crippen LogP contribution in [0.2, 0.25) is 0 Å². The summed E-state index contributed by atoms with van der Waals surface area (Å²) in [6.07, 6.45) is 13.6. The average molecular weight is 529 g/mol. The molecule has 4 fully saturated rings. The molecule has 2 aromatic heterocycles. The number of halogens is 1. The summed E-state index contributed by atoms with van der Waals surface area (Å²) in [5.74, 6) is 2.99. The smallest absolute Gasteiger partial charge is 0.188 e. The van der Waals surface area contributed by atoms with E-state index in [1.807, 2.05) is 18.3 Å². The first-order valence-corrected chi connectivity index (χ1v) is 14.5. The third-order valence-electron chi connectivity index (χ3n) is 9.13. The average Bonchev–Trinajstić information content (AvgIpc) is 3.75. The molecule has 8 heteroatoms. The fraction of sp³-hybridized carbons (Fsp3) is 0.516. The lowest BCUT2D eigenvalue weighted by Crippen LogP contribution is -2.72. The van der Waals surface area contributed by atoms with E-state index in [4.69, 9.17) is 10.5 Å². The molecule has 1 aromatic carbocycles. The van der Waals surface area contributed by atoms with E-state index in [2.05, 4.69) is 24.8 Å². The van der Waals surface area contributed by atoms with Gasteiger partial charge in [0.25, 0.3) is 0 Å². The molecule has 4 aliphatic rings. The van der Waals surface area contributed by atoms with Crippen molar-refractivity contribution < 1.29 is 9.13 Å². The standard InChI is InChI=1S/C31H37FN6O/c32-23-7-10-27(26(14-23)25-2-1-12-35-29(25)22-5-6-22)39-28-15-34-20-36-30(28)38-18-31(19-38)16-37(17-31)13-11-21-3-8-24(33)9-4-21/h1-2,7,10,12,14-15,20-22,24H,3-6,8-9,11,13,16-19,33H2. The van der Waals surface area contributed by atoms with Gasteiger partial charge in [0, 0.05) is 60.9 Å². The molecule has 0 unspecified atom stereocenters. The second-order valence-corrected chi connectivity index (χ2v) is 12.3. The van der Waals surface area contributed by atoms with Crippen LogP contribution < -0.4 is 15.4 Å². The lowest BCUT2D eigenvalue weighted by molar-refractivity contribution is -0.0257. The van der Waals surface area contributed by atoms with Gasteiger partial charge in [0.15, 0.2) is 11.6 Å². The number of anilines is 1. The number of benzene rings is 1. The highest BCUT2D eigenvalue weighted by atomic mass is 19.1. The van der Waals surface area contributed by atoms with Crippen LogP contribution in [0.3, 0.4) is 0 Å². The highest BCUT2D eigenvalue weighted by molar-refractivity contribution is 5.74. The van der Waals surface area contributed by atoms with Crippen LogP contribution in [0.15, 0.2) is 49.1 Å². The third-order valence-corrected chi connectivity index (χ3v) is 9.13. The zero-order chi connectivity index (χ0) is 26.4. The summed E-state index contributed by atoms with van der Waals surface area (Å²) in [4.78, 5) is 18.4. The molecule has 39 heavy (non-hydrogen) atoms. The van der Waals surface area contributed by atoms with Crippen molar-refractivity contribution in [1.82, 2.24) is 19.9 Å². The summed E-state index contributed by atoms with van der Waals surface area (Å²) in [6.45, 7) is 5.46. The van der Waals surface area contributed by atoms with Gasteiger partial charge in [-0.1, -0.05) is 6.07 Å². The molecule has 0 radical (unpaired) electrons. The van der Waals surface area contributed by atoms with Crippen LogP contribution in [0.5, 0.6) is 11.5 Å². The lowest BCUT2D eigenvalue weighted by Gasteiger charge is -2.61. The summed E-state index contributed by atoms with van der Waals surface area (Å²) in [5, 5.41) is 0. The Bertz CT molecular complexity index is 1320. The first-order chi connectivity index (χ1) is 19.1. The molecule has 204 valence electrons. The number of nitrogens with two attached hydrogens (primary N) is 1. The first-order valence-electron chi connectivity index (χ1n) is 14.5. The Hall–Kier alpha value is -3.10. The van der Waals surface area contributed by atoms with Crippen molar-refractivity contribution in [2.24, 2.45) is 17.1 Å². The highest BCUT2D eigenvalue weighted by Crippen LogP contribution is 2.47. The Morgan fingerprint density at radius 2 is 1.77 bits per heavy atom. The first kappa shape index (κ1) is 24.9. The van der Waals surface area contributed by atoms with Gasteiger partial charge in [0.2, 0.25) is 0 Å². The quantitative estimate of drug-likeness (QED) is 0.421. The van der Waals surface area contributed by atoms with Crippen LogP contribution in [0.4, 0.5) is 10.2 Å². The molecule has 7 nitrogen and oxygen atoms in total. The third kappa shape index (κ3) is 5.12. The van der Waals surface area contributed by atoms with Crippen LogP contribution >= 0.6 is 0 Å². The number of nitrogens with zero attached hydrogens (tertiary/aromatic N) is 5. The Morgan fingerprint density at radius 3 is 2.56 bits per heavy atom. The van der Waals surface area contributed by atoms with E-state index in [1.165, 1.54) is 44.7 Å². The second kappa shape index (κ2) is 10.1. The van der Waals surface area contributed by atoms with Crippen molar-refractivity contribution in [3.8, 4) is 22.6 Å². The minimum Gasteiger partial charge on any atom is -0.451 e. The van der Waals surface area contributed by atoms with E-state index in [-0.39, 0.29) is 5.82 Å². The number of ether oxygens (including phenoxy) is 1.